The maximum absolute atomic E-state index is 13.7. The molecule has 0 aromatic heterocycles. The SMILES string of the molecule is C=C/C=C(\N=C)C(=O)C(CC)C(=O)c1ccccc1P(c1ccccc1)c1ccccc1. The summed E-state index contributed by atoms with van der Waals surface area (Å²) >= 11 is 0. The molecule has 0 amide bonds. The van der Waals surface area contributed by atoms with Crippen LogP contribution >= 0.6 is 7.92 Å². The van der Waals surface area contributed by atoms with Gasteiger partial charge in [0, 0.05) is 5.56 Å². The molecule has 0 aliphatic rings. The molecule has 0 heterocycles. The zero-order valence-electron chi connectivity index (χ0n) is 18.1. The molecule has 160 valence electrons. The Morgan fingerprint density at radius 3 is 1.94 bits per heavy atom. The Morgan fingerprint density at radius 1 is 0.906 bits per heavy atom. The van der Waals surface area contributed by atoms with Crippen molar-refractivity contribution in [2.24, 2.45) is 10.9 Å². The molecular formula is C28H26NO2P. The molecular weight excluding hydrogens is 413 g/mol. The van der Waals surface area contributed by atoms with E-state index in [1.165, 1.54) is 12.2 Å². The molecule has 3 rings (SSSR count). The van der Waals surface area contributed by atoms with Crippen molar-refractivity contribution in [3.05, 3.63) is 115 Å². The van der Waals surface area contributed by atoms with E-state index in [0.717, 1.165) is 15.9 Å². The number of hydrogen-bond donors (Lipinski definition) is 0. The smallest absolute Gasteiger partial charge is 0.191 e. The predicted octanol–water partition coefficient (Wildman–Crippen LogP) is 4.99. The van der Waals surface area contributed by atoms with Crippen molar-refractivity contribution >= 4 is 42.1 Å². The van der Waals surface area contributed by atoms with E-state index in [0.29, 0.717) is 12.0 Å². The number of ketones is 2. The molecule has 3 aromatic carbocycles. The third-order valence-electron chi connectivity index (χ3n) is 5.18. The highest BCUT2D eigenvalue weighted by Gasteiger charge is 2.31. The van der Waals surface area contributed by atoms with Crippen LogP contribution in [0.3, 0.4) is 0 Å². The lowest BCUT2D eigenvalue weighted by molar-refractivity contribution is -0.118. The normalized spacial score (nSPS) is 12.2. The summed E-state index contributed by atoms with van der Waals surface area (Å²) < 4.78 is 0. The van der Waals surface area contributed by atoms with Gasteiger partial charge in [0.2, 0.25) is 0 Å². The molecule has 0 saturated heterocycles. The van der Waals surface area contributed by atoms with E-state index in [4.69, 9.17) is 0 Å². The second-order valence-corrected chi connectivity index (χ2v) is 9.34. The quantitative estimate of drug-likeness (QED) is 0.112. The highest BCUT2D eigenvalue weighted by Crippen LogP contribution is 2.35. The molecule has 0 spiro atoms. The van der Waals surface area contributed by atoms with Crippen LogP contribution in [0.4, 0.5) is 0 Å². The summed E-state index contributed by atoms with van der Waals surface area (Å²) in [4.78, 5) is 30.6. The maximum Gasteiger partial charge on any atom is 0.191 e. The van der Waals surface area contributed by atoms with Gasteiger partial charge < -0.3 is 0 Å². The van der Waals surface area contributed by atoms with Gasteiger partial charge in [0.25, 0.3) is 0 Å². The molecule has 32 heavy (non-hydrogen) atoms. The molecule has 0 bridgehead atoms. The van der Waals surface area contributed by atoms with Crippen LogP contribution in [0.15, 0.2) is 114 Å². The van der Waals surface area contributed by atoms with E-state index in [1.54, 1.807) is 0 Å². The van der Waals surface area contributed by atoms with E-state index in [9.17, 15) is 9.59 Å². The monoisotopic (exact) mass is 439 g/mol. The minimum Gasteiger partial charge on any atom is -0.293 e. The maximum atomic E-state index is 13.7. The summed E-state index contributed by atoms with van der Waals surface area (Å²) in [6, 6.07) is 28.0. The van der Waals surface area contributed by atoms with E-state index < -0.39 is 13.8 Å². The fourth-order valence-electron chi connectivity index (χ4n) is 3.64. The van der Waals surface area contributed by atoms with Gasteiger partial charge in [-0.1, -0.05) is 105 Å². The summed E-state index contributed by atoms with van der Waals surface area (Å²) in [5.41, 5.74) is 0.736. The topological polar surface area (TPSA) is 46.5 Å². The zero-order valence-corrected chi connectivity index (χ0v) is 19.0. The van der Waals surface area contributed by atoms with Crippen LogP contribution in [-0.4, -0.2) is 18.3 Å². The molecule has 0 saturated carbocycles. The van der Waals surface area contributed by atoms with Gasteiger partial charge in [0.1, 0.15) is 5.70 Å². The molecule has 0 aliphatic carbocycles. The van der Waals surface area contributed by atoms with E-state index in [1.807, 2.05) is 67.6 Å². The number of allylic oxidation sites excluding steroid dienone is 3. The Bertz CT molecular complexity index is 1100. The highest BCUT2D eigenvalue weighted by atomic mass is 31.1. The van der Waals surface area contributed by atoms with E-state index in [-0.39, 0.29) is 17.3 Å². The lowest BCUT2D eigenvalue weighted by atomic mass is 9.90. The highest BCUT2D eigenvalue weighted by molar-refractivity contribution is 7.80. The molecule has 0 aliphatic heterocycles. The average molecular weight is 439 g/mol. The van der Waals surface area contributed by atoms with Crippen LogP contribution < -0.4 is 15.9 Å². The Morgan fingerprint density at radius 2 is 1.44 bits per heavy atom. The van der Waals surface area contributed by atoms with E-state index in [2.05, 4.69) is 42.6 Å². The Balaban J connectivity index is 2.13. The Hall–Kier alpha value is -3.42. The number of Topliss-reactive ketones (excluding diaryl/α,β-unsaturated/α-hetero) is 2. The number of carbonyl (C=O) groups excluding carboxylic acids is 2. The summed E-state index contributed by atoms with van der Waals surface area (Å²) in [5, 5.41) is 3.23. The van der Waals surface area contributed by atoms with Gasteiger partial charge in [-0.3, -0.25) is 14.6 Å². The molecule has 1 atom stereocenters. The first-order valence-corrected chi connectivity index (χ1v) is 11.8. The largest absolute Gasteiger partial charge is 0.293 e. The summed E-state index contributed by atoms with van der Waals surface area (Å²) in [7, 11) is -0.973. The Kier molecular flexibility index (Phi) is 8.19. The molecule has 0 radical (unpaired) electrons. The van der Waals surface area contributed by atoms with Crippen molar-refractivity contribution in [1.29, 1.82) is 0 Å². The first-order valence-electron chi connectivity index (χ1n) is 10.5. The number of rotatable bonds is 10. The fraction of sp³-hybridized carbons (Fsp3) is 0.107. The lowest BCUT2D eigenvalue weighted by Gasteiger charge is -2.23. The first-order chi connectivity index (χ1) is 15.6. The third-order valence-corrected chi connectivity index (χ3v) is 7.68. The first kappa shape index (κ1) is 23.2. The Labute approximate surface area is 191 Å². The van der Waals surface area contributed by atoms with Gasteiger partial charge in [-0.2, -0.15) is 0 Å². The van der Waals surface area contributed by atoms with Crippen molar-refractivity contribution in [1.82, 2.24) is 0 Å². The average Bonchev–Trinajstić information content (AvgIpc) is 2.84. The summed E-state index contributed by atoms with van der Waals surface area (Å²) in [5.74, 6) is -1.34. The standard InChI is InChI=1S/C28H26NO2P/c1-4-14-25(29-3)28(31)23(5-2)27(30)24-19-12-13-20-26(24)32(21-15-8-6-9-16-21)22-17-10-7-11-18-22/h4,6-20,23H,1,3,5H2,2H3/b25-14-. The van der Waals surface area contributed by atoms with Crippen molar-refractivity contribution in [2.75, 3.05) is 0 Å². The predicted molar refractivity (Wildman–Crippen MR) is 136 cm³/mol. The number of carbonyl (C=O) groups is 2. The number of hydrogen-bond acceptors (Lipinski definition) is 3. The fourth-order valence-corrected chi connectivity index (χ4v) is 6.09. The zero-order chi connectivity index (χ0) is 22.9. The van der Waals surface area contributed by atoms with Crippen LogP contribution in [0.5, 0.6) is 0 Å². The molecule has 0 N–H and O–H groups in total. The van der Waals surface area contributed by atoms with Gasteiger partial charge in [-0.15, -0.1) is 0 Å². The molecule has 3 nitrogen and oxygen atoms in total. The van der Waals surface area contributed by atoms with Gasteiger partial charge in [0.05, 0.1) is 5.92 Å². The van der Waals surface area contributed by atoms with Crippen LogP contribution in [-0.2, 0) is 4.79 Å². The molecule has 1 unspecified atom stereocenters. The lowest BCUT2D eigenvalue weighted by Crippen LogP contribution is -2.31. The van der Waals surface area contributed by atoms with Crippen LogP contribution in [0, 0.1) is 5.92 Å². The summed E-state index contributed by atoms with van der Waals surface area (Å²) in [6.07, 6.45) is 3.36. The van der Waals surface area contributed by atoms with Crippen molar-refractivity contribution in [3.63, 3.8) is 0 Å². The van der Waals surface area contributed by atoms with Gasteiger partial charge in [-0.05, 0) is 43.0 Å². The second kappa shape index (κ2) is 11.3. The van der Waals surface area contributed by atoms with Gasteiger partial charge in [-0.25, -0.2) is 0 Å². The minimum atomic E-state index is -0.973. The van der Waals surface area contributed by atoms with Crippen molar-refractivity contribution < 1.29 is 9.59 Å². The van der Waals surface area contributed by atoms with Gasteiger partial charge >= 0.3 is 0 Å². The molecule has 0 fully saturated rings. The molecule has 4 heteroatoms. The third kappa shape index (κ3) is 5.07. The van der Waals surface area contributed by atoms with E-state index >= 15 is 0 Å². The van der Waals surface area contributed by atoms with Crippen LogP contribution in [0.2, 0.25) is 0 Å². The molecule has 3 aromatic rings. The van der Waals surface area contributed by atoms with Crippen molar-refractivity contribution in [2.45, 2.75) is 13.3 Å². The van der Waals surface area contributed by atoms with Crippen molar-refractivity contribution in [3.8, 4) is 0 Å². The van der Waals surface area contributed by atoms with Gasteiger partial charge in [0.15, 0.2) is 11.6 Å². The minimum absolute atomic E-state index is 0.158. The number of aliphatic imine (C=N–C) groups is 1. The van der Waals surface area contributed by atoms with Crippen LogP contribution in [0.25, 0.3) is 0 Å². The number of nitrogens with zero attached hydrogens (tertiary/aromatic N) is 1. The van der Waals surface area contributed by atoms with Crippen LogP contribution in [0.1, 0.15) is 23.7 Å². The summed E-state index contributed by atoms with van der Waals surface area (Å²) in [6.45, 7) is 8.95. The second-order valence-electron chi connectivity index (χ2n) is 7.16. The number of benzene rings is 3.